The lowest BCUT2D eigenvalue weighted by Crippen LogP contribution is -1.89. The summed E-state index contributed by atoms with van der Waals surface area (Å²) in [4.78, 5) is 4.01. The summed E-state index contributed by atoms with van der Waals surface area (Å²) in [5.41, 5.74) is 9.38. The van der Waals surface area contributed by atoms with Gasteiger partial charge >= 0.3 is 0 Å². The fraction of sp³-hybridized carbons (Fsp3) is 0.111. The van der Waals surface area contributed by atoms with E-state index in [0.717, 1.165) is 16.8 Å². The van der Waals surface area contributed by atoms with Gasteiger partial charge in [-0.2, -0.15) is 5.10 Å². The molecule has 0 aliphatic heterocycles. The Labute approximate surface area is 75.8 Å². The van der Waals surface area contributed by atoms with E-state index in [1.165, 1.54) is 0 Å². The van der Waals surface area contributed by atoms with Crippen molar-refractivity contribution in [3.05, 3.63) is 30.2 Å². The van der Waals surface area contributed by atoms with E-state index in [0.29, 0.717) is 5.69 Å². The van der Waals surface area contributed by atoms with Gasteiger partial charge in [-0.3, -0.25) is 10.1 Å². The van der Waals surface area contributed by atoms with E-state index in [1.807, 2.05) is 13.0 Å². The number of nitrogens with zero attached hydrogens (tertiary/aromatic N) is 2. The molecule has 2 aromatic rings. The van der Waals surface area contributed by atoms with Crippen molar-refractivity contribution in [1.29, 1.82) is 0 Å². The van der Waals surface area contributed by atoms with Crippen molar-refractivity contribution < 1.29 is 0 Å². The molecule has 0 unspecified atom stereocenters. The zero-order valence-electron chi connectivity index (χ0n) is 7.28. The number of nitrogen functional groups attached to an aromatic ring is 1. The molecule has 0 spiro atoms. The van der Waals surface area contributed by atoms with E-state index in [4.69, 9.17) is 5.73 Å². The number of aryl methyl sites for hydroxylation is 1. The van der Waals surface area contributed by atoms with E-state index in [-0.39, 0.29) is 0 Å². The second-order valence-electron chi connectivity index (χ2n) is 2.89. The summed E-state index contributed by atoms with van der Waals surface area (Å²) in [5.74, 6) is 0. The molecule has 13 heavy (non-hydrogen) atoms. The van der Waals surface area contributed by atoms with Crippen molar-refractivity contribution in [2.45, 2.75) is 6.92 Å². The lowest BCUT2D eigenvalue weighted by atomic mass is 10.1. The molecule has 2 heterocycles. The third-order valence-electron chi connectivity index (χ3n) is 1.96. The average Bonchev–Trinajstić information content (AvgIpc) is 2.52. The first-order valence-corrected chi connectivity index (χ1v) is 3.99. The van der Waals surface area contributed by atoms with Crippen LogP contribution in [0.5, 0.6) is 0 Å². The van der Waals surface area contributed by atoms with Gasteiger partial charge in [-0.05, 0) is 18.6 Å². The number of hydrogen-bond donors (Lipinski definition) is 2. The normalized spacial score (nSPS) is 10.2. The number of pyridine rings is 1. The van der Waals surface area contributed by atoms with Gasteiger partial charge in [0.2, 0.25) is 0 Å². The van der Waals surface area contributed by atoms with Crippen LogP contribution in [0.2, 0.25) is 0 Å². The monoisotopic (exact) mass is 174 g/mol. The highest BCUT2D eigenvalue weighted by Crippen LogP contribution is 2.24. The van der Waals surface area contributed by atoms with Crippen LogP contribution in [0.1, 0.15) is 5.56 Å². The summed E-state index contributed by atoms with van der Waals surface area (Å²) >= 11 is 0. The van der Waals surface area contributed by atoms with Gasteiger partial charge in [-0.15, -0.1) is 0 Å². The maximum atomic E-state index is 5.73. The summed E-state index contributed by atoms with van der Waals surface area (Å²) < 4.78 is 0. The Bertz CT molecular complexity index is 419. The van der Waals surface area contributed by atoms with Gasteiger partial charge in [-0.25, -0.2) is 0 Å². The minimum Gasteiger partial charge on any atom is -0.396 e. The number of hydrogen-bond acceptors (Lipinski definition) is 3. The Morgan fingerprint density at radius 2 is 2.23 bits per heavy atom. The molecule has 0 aliphatic rings. The van der Waals surface area contributed by atoms with Crippen molar-refractivity contribution >= 4 is 5.69 Å². The molecule has 66 valence electrons. The molecule has 0 aliphatic carbocycles. The molecule has 0 saturated carbocycles. The zero-order chi connectivity index (χ0) is 9.26. The highest BCUT2D eigenvalue weighted by molar-refractivity contribution is 5.73. The molecule has 0 radical (unpaired) electrons. The number of anilines is 1. The Hall–Kier alpha value is -1.84. The van der Waals surface area contributed by atoms with Crippen molar-refractivity contribution in [3.8, 4) is 11.3 Å². The second-order valence-corrected chi connectivity index (χ2v) is 2.89. The van der Waals surface area contributed by atoms with Crippen molar-refractivity contribution in [2.24, 2.45) is 0 Å². The van der Waals surface area contributed by atoms with E-state index >= 15 is 0 Å². The van der Waals surface area contributed by atoms with Gasteiger partial charge in [0, 0.05) is 18.0 Å². The summed E-state index contributed by atoms with van der Waals surface area (Å²) in [5, 5.41) is 6.73. The molecule has 0 amide bonds. The quantitative estimate of drug-likeness (QED) is 0.686. The Morgan fingerprint density at radius 1 is 1.38 bits per heavy atom. The average molecular weight is 174 g/mol. The number of nitrogens with two attached hydrogens (primary N) is 1. The van der Waals surface area contributed by atoms with Crippen LogP contribution in [0.25, 0.3) is 11.3 Å². The van der Waals surface area contributed by atoms with Crippen LogP contribution in [-0.4, -0.2) is 15.2 Å². The van der Waals surface area contributed by atoms with Crippen molar-refractivity contribution in [2.75, 3.05) is 5.73 Å². The van der Waals surface area contributed by atoms with E-state index in [9.17, 15) is 0 Å². The van der Waals surface area contributed by atoms with Gasteiger partial charge in [0.05, 0.1) is 17.6 Å². The minimum atomic E-state index is 0.661. The molecular formula is C9H10N4. The molecule has 0 atom stereocenters. The van der Waals surface area contributed by atoms with Gasteiger partial charge in [0.25, 0.3) is 0 Å². The lowest BCUT2D eigenvalue weighted by Gasteiger charge is -2.02. The number of aromatic nitrogens is 3. The Balaban J connectivity index is 2.59. The number of H-pyrrole nitrogens is 1. The highest BCUT2D eigenvalue weighted by Gasteiger charge is 2.06. The van der Waals surface area contributed by atoms with Crippen molar-refractivity contribution in [1.82, 2.24) is 15.2 Å². The molecule has 0 bridgehead atoms. The topological polar surface area (TPSA) is 67.6 Å². The van der Waals surface area contributed by atoms with E-state index in [1.54, 1.807) is 18.6 Å². The van der Waals surface area contributed by atoms with E-state index < -0.39 is 0 Å². The number of nitrogens with one attached hydrogen (secondary N) is 1. The van der Waals surface area contributed by atoms with Gasteiger partial charge in [0.1, 0.15) is 0 Å². The smallest absolute Gasteiger partial charge is 0.0883 e. The van der Waals surface area contributed by atoms with Crippen molar-refractivity contribution in [3.63, 3.8) is 0 Å². The summed E-state index contributed by atoms with van der Waals surface area (Å²) in [6, 6.07) is 1.92. The highest BCUT2D eigenvalue weighted by atomic mass is 15.1. The van der Waals surface area contributed by atoms with E-state index in [2.05, 4.69) is 15.2 Å². The molecule has 2 aromatic heterocycles. The first-order valence-electron chi connectivity index (χ1n) is 3.99. The van der Waals surface area contributed by atoms with Gasteiger partial charge in [0.15, 0.2) is 0 Å². The number of rotatable bonds is 1. The van der Waals surface area contributed by atoms with Crippen LogP contribution >= 0.6 is 0 Å². The summed E-state index contributed by atoms with van der Waals surface area (Å²) in [6.45, 7) is 1.99. The molecule has 4 heteroatoms. The standard InChI is InChI=1S/C9H10N4/c1-6-4-11-3-2-7(6)9-8(10)5-12-13-9/h2-5H,10H2,1H3,(H,12,13). The molecule has 2 rings (SSSR count). The molecule has 3 N–H and O–H groups in total. The maximum Gasteiger partial charge on any atom is 0.0883 e. The predicted octanol–water partition coefficient (Wildman–Crippen LogP) is 1.36. The fourth-order valence-corrected chi connectivity index (χ4v) is 1.27. The van der Waals surface area contributed by atoms with Crippen LogP contribution in [-0.2, 0) is 0 Å². The van der Waals surface area contributed by atoms with Crippen LogP contribution in [0.15, 0.2) is 24.7 Å². The summed E-state index contributed by atoms with van der Waals surface area (Å²) in [6.07, 6.45) is 5.15. The summed E-state index contributed by atoms with van der Waals surface area (Å²) in [7, 11) is 0. The zero-order valence-corrected chi connectivity index (χ0v) is 7.28. The first kappa shape index (κ1) is 7.79. The molecular weight excluding hydrogens is 164 g/mol. The Morgan fingerprint density at radius 3 is 2.85 bits per heavy atom. The maximum absolute atomic E-state index is 5.73. The predicted molar refractivity (Wildman–Crippen MR) is 51.0 cm³/mol. The third kappa shape index (κ3) is 1.26. The SMILES string of the molecule is Cc1cnccc1-c1[nH]ncc1N. The van der Waals surface area contributed by atoms with Gasteiger partial charge < -0.3 is 5.73 Å². The first-order chi connectivity index (χ1) is 6.29. The van der Waals surface area contributed by atoms with Crippen LogP contribution in [0.4, 0.5) is 5.69 Å². The van der Waals surface area contributed by atoms with Crippen LogP contribution in [0, 0.1) is 6.92 Å². The second kappa shape index (κ2) is 2.90. The number of aromatic amines is 1. The third-order valence-corrected chi connectivity index (χ3v) is 1.96. The van der Waals surface area contributed by atoms with Crippen LogP contribution in [0.3, 0.4) is 0 Å². The molecule has 4 nitrogen and oxygen atoms in total. The molecule has 0 saturated heterocycles. The largest absolute Gasteiger partial charge is 0.396 e. The minimum absolute atomic E-state index is 0.661. The molecule has 0 aromatic carbocycles. The molecule has 0 fully saturated rings. The fourth-order valence-electron chi connectivity index (χ4n) is 1.27. The van der Waals surface area contributed by atoms with Gasteiger partial charge in [-0.1, -0.05) is 0 Å². The lowest BCUT2D eigenvalue weighted by molar-refractivity contribution is 1.09. The van der Waals surface area contributed by atoms with Crippen LogP contribution < -0.4 is 5.73 Å². The Kier molecular flexibility index (Phi) is 1.73.